The molecule has 0 aromatic heterocycles. The van der Waals surface area contributed by atoms with Crippen molar-refractivity contribution in [3.63, 3.8) is 0 Å². The molecule has 1 aliphatic rings. The number of hydrogen-bond acceptors (Lipinski definition) is 3. The predicted octanol–water partition coefficient (Wildman–Crippen LogP) is 4.10. The molecule has 0 unspecified atom stereocenters. The molecule has 0 atom stereocenters. The maximum atomic E-state index is 11.9. The van der Waals surface area contributed by atoms with Crippen LogP contribution >= 0.6 is 15.9 Å². The molecule has 0 saturated carbocycles. The van der Waals surface area contributed by atoms with E-state index in [-0.39, 0.29) is 0 Å². The molecular formula is C17H12BrNO2. The second-order valence-corrected chi connectivity index (χ2v) is 5.67. The van der Waals surface area contributed by atoms with Crippen molar-refractivity contribution < 1.29 is 9.53 Å². The van der Waals surface area contributed by atoms with Gasteiger partial charge >= 0.3 is 5.97 Å². The maximum Gasteiger partial charge on any atom is 0.363 e. The van der Waals surface area contributed by atoms with Crippen LogP contribution < -0.4 is 0 Å². The van der Waals surface area contributed by atoms with Gasteiger partial charge in [0, 0.05) is 10.0 Å². The summed E-state index contributed by atoms with van der Waals surface area (Å²) in [7, 11) is 0. The first kappa shape index (κ1) is 13.8. The van der Waals surface area contributed by atoms with Gasteiger partial charge in [0.1, 0.15) is 0 Å². The SMILES string of the molecule is Cc1cccc(C2=NC(=Cc3ccc(Br)cc3)C(=O)O2)c1. The Kier molecular flexibility index (Phi) is 3.71. The third-order valence-electron chi connectivity index (χ3n) is 3.06. The van der Waals surface area contributed by atoms with Gasteiger partial charge in [0.05, 0.1) is 0 Å². The van der Waals surface area contributed by atoms with Crippen LogP contribution in [0.2, 0.25) is 0 Å². The van der Waals surface area contributed by atoms with Gasteiger partial charge in [-0.25, -0.2) is 9.79 Å². The van der Waals surface area contributed by atoms with E-state index in [1.165, 1.54) is 0 Å². The van der Waals surface area contributed by atoms with Crippen molar-refractivity contribution in [1.29, 1.82) is 0 Å². The average molecular weight is 342 g/mol. The van der Waals surface area contributed by atoms with Crippen LogP contribution in [-0.4, -0.2) is 11.9 Å². The zero-order chi connectivity index (χ0) is 14.8. The summed E-state index contributed by atoms with van der Waals surface area (Å²) in [6, 6.07) is 15.4. The Hall–Kier alpha value is -2.20. The van der Waals surface area contributed by atoms with Gasteiger partial charge in [0.25, 0.3) is 0 Å². The quantitative estimate of drug-likeness (QED) is 0.609. The lowest BCUT2D eigenvalue weighted by atomic mass is 10.1. The van der Waals surface area contributed by atoms with Gasteiger partial charge in [-0.2, -0.15) is 0 Å². The van der Waals surface area contributed by atoms with E-state index in [4.69, 9.17) is 4.74 Å². The highest BCUT2D eigenvalue weighted by Crippen LogP contribution is 2.20. The highest BCUT2D eigenvalue weighted by Gasteiger charge is 2.24. The summed E-state index contributed by atoms with van der Waals surface area (Å²) in [5.41, 5.74) is 3.12. The molecule has 2 aromatic carbocycles. The third-order valence-corrected chi connectivity index (χ3v) is 3.59. The summed E-state index contributed by atoms with van der Waals surface area (Å²) in [6.07, 6.45) is 1.72. The van der Waals surface area contributed by atoms with Crippen molar-refractivity contribution in [2.45, 2.75) is 6.92 Å². The van der Waals surface area contributed by atoms with Crippen LogP contribution in [0, 0.1) is 6.92 Å². The molecule has 0 amide bonds. The minimum absolute atomic E-state index is 0.314. The Morgan fingerprint density at radius 3 is 2.62 bits per heavy atom. The third kappa shape index (κ3) is 3.11. The molecule has 4 heteroatoms. The lowest BCUT2D eigenvalue weighted by Gasteiger charge is -1.99. The Balaban J connectivity index is 1.93. The van der Waals surface area contributed by atoms with Crippen molar-refractivity contribution >= 4 is 33.9 Å². The molecule has 104 valence electrons. The molecule has 21 heavy (non-hydrogen) atoms. The van der Waals surface area contributed by atoms with E-state index in [2.05, 4.69) is 20.9 Å². The van der Waals surface area contributed by atoms with Gasteiger partial charge in [0.15, 0.2) is 5.70 Å². The number of halogens is 1. The number of nitrogens with zero attached hydrogens (tertiary/aromatic N) is 1. The Labute approximate surface area is 131 Å². The van der Waals surface area contributed by atoms with Crippen LogP contribution in [0.5, 0.6) is 0 Å². The van der Waals surface area contributed by atoms with Gasteiger partial charge in [-0.05, 0) is 42.8 Å². The van der Waals surface area contributed by atoms with E-state index >= 15 is 0 Å². The van der Waals surface area contributed by atoms with Gasteiger partial charge in [0.2, 0.25) is 5.90 Å². The lowest BCUT2D eigenvalue weighted by Crippen LogP contribution is -2.05. The highest BCUT2D eigenvalue weighted by molar-refractivity contribution is 9.10. The summed E-state index contributed by atoms with van der Waals surface area (Å²) in [6.45, 7) is 1.99. The number of esters is 1. The summed E-state index contributed by atoms with van der Waals surface area (Å²) in [5, 5.41) is 0. The number of aryl methyl sites for hydroxylation is 1. The lowest BCUT2D eigenvalue weighted by molar-refractivity contribution is -0.129. The molecule has 0 fully saturated rings. The summed E-state index contributed by atoms with van der Waals surface area (Å²) < 4.78 is 6.23. The molecule has 2 aromatic rings. The van der Waals surface area contributed by atoms with Crippen LogP contribution in [0.15, 0.2) is 63.7 Å². The molecule has 0 bridgehead atoms. The first-order chi connectivity index (χ1) is 10.1. The fourth-order valence-electron chi connectivity index (χ4n) is 2.03. The van der Waals surface area contributed by atoms with Gasteiger partial charge in [-0.3, -0.25) is 0 Å². The normalized spacial score (nSPS) is 16.0. The molecule has 1 aliphatic heterocycles. The topological polar surface area (TPSA) is 38.7 Å². The Bertz CT molecular complexity index is 761. The minimum Gasteiger partial charge on any atom is -0.402 e. The predicted molar refractivity (Wildman–Crippen MR) is 85.9 cm³/mol. The van der Waals surface area contributed by atoms with Crippen molar-refractivity contribution in [3.8, 4) is 0 Å². The number of ether oxygens (including phenoxy) is 1. The van der Waals surface area contributed by atoms with E-state index in [1.807, 2.05) is 55.5 Å². The van der Waals surface area contributed by atoms with Crippen LogP contribution in [0.4, 0.5) is 0 Å². The zero-order valence-electron chi connectivity index (χ0n) is 11.3. The van der Waals surface area contributed by atoms with E-state index in [1.54, 1.807) is 6.08 Å². The molecule has 3 nitrogen and oxygen atoms in total. The fraction of sp³-hybridized carbons (Fsp3) is 0.0588. The Morgan fingerprint density at radius 1 is 1.14 bits per heavy atom. The van der Waals surface area contributed by atoms with Crippen molar-refractivity contribution in [1.82, 2.24) is 0 Å². The summed E-state index contributed by atoms with van der Waals surface area (Å²) in [5.74, 6) is -0.0681. The smallest absolute Gasteiger partial charge is 0.363 e. The second kappa shape index (κ2) is 5.66. The first-order valence-corrected chi connectivity index (χ1v) is 7.26. The van der Waals surface area contributed by atoms with Crippen molar-refractivity contribution in [2.75, 3.05) is 0 Å². The number of hydrogen-bond donors (Lipinski definition) is 0. The van der Waals surface area contributed by atoms with Gasteiger partial charge in [-0.15, -0.1) is 0 Å². The summed E-state index contributed by atoms with van der Waals surface area (Å²) >= 11 is 3.38. The number of carbonyl (C=O) groups is 1. The molecule has 0 spiro atoms. The molecule has 0 saturated heterocycles. The standard InChI is InChI=1S/C17H12BrNO2/c1-11-3-2-4-13(9-11)16-19-15(17(20)21-16)10-12-5-7-14(18)8-6-12/h2-10H,1H3. The number of cyclic esters (lactones) is 1. The van der Waals surface area contributed by atoms with E-state index in [9.17, 15) is 4.79 Å². The number of rotatable bonds is 2. The Morgan fingerprint density at radius 2 is 1.90 bits per heavy atom. The molecule has 0 N–H and O–H groups in total. The number of carbonyl (C=O) groups excluding carboxylic acids is 1. The maximum absolute atomic E-state index is 11.9. The molecular weight excluding hydrogens is 330 g/mol. The molecule has 3 rings (SSSR count). The van der Waals surface area contributed by atoms with Crippen LogP contribution in [0.1, 0.15) is 16.7 Å². The molecule has 0 radical (unpaired) electrons. The second-order valence-electron chi connectivity index (χ2n) is 4.76. The highest BCUT2D eigenvalue weighted by atomic mass is 79.9. The van der Waals surface area contributed by atoms with E-state index in [0.29, 0.717) is 11.6 Å². The number of aliphatic imine (C=N–C) groups is 1. The molecule has 0 aliphatic carbocycles. The van der Waals surface area contributed by atoms with E-state index < -0.39 is 5.97 Å². The monoisotopic (exact) mass is 341 g/mol. The van der Waals surface area contributed by atoms with Crippen LogP contribution in [-0.2, 0) is 9.53 Å². The first-order valence-electron chi connectivity index (χ1n) is 6.47. The van der Waals surface area contributed by atoms with Crippen molar-refractivity contribution in [3.05, 3.63) is 75.4 Å². The van der Waals surface area contributed by atoms with Crippen LogP contribution in [0.3, 0.4) is 0 Å². The molecule has 1 heterocycles. The van der Waals surface area contributed by atoms with Crippen molar-refractivity contribution in [2.24, 2.45) is 4.99 Å². The minimum atomic E-state index is -0.422. The van der Waals surface area contributed by atoms with Gasteiger partial charge < -0.3 is 4.74 Å². The van der Waals surface area contributed by atoms with Crippen LogP contribution in [0.25, 0.3) is 6.08 Å². The van der Waals surface area contributed by atoms with E-state index in [0.717, 1.165) is 21.2 Å². The largest absolute Gasteiger partial charge is 0.402 e. The zero-order valence-corrected chi connectivity index (χ0v) is 12.9. The number of benzene rings is 2. The van der Waals surface area contributed by atoms with Gasteiger partial charge in [-0.1, -0.05) is 45.8 Å². The summed E-state index contributed by atoms with van der Waals surface area (Å²) in [4.78, 5) is 16.2. The average Bonchev–Trinajstić information content (AvgIpc) is 2.83. The fourth-order valence-corrected chi connectivity index (χ4v) is 2.29.